The van der Waals surface area contributed by atoms with E-state index in [0.717, 1.165) is 31.6 Å². The summed E-state index contributed by atoms with van der Waals surface area (Å²) in [5, 5.41) is 2.88. The van der Waals surface area contributed by atoms with Gasteiger partial charge in [0.2, 0.25) is 5.88 Å². The summed E-state index contributed by atoms with van der Waals surface area (Å²) in [5.41, 5.74) is 1.86. The molecule has 0 spiro atoms. The fourth-order valence-corrected chi connectivity index (χ4v) is 3.23. The first-order valence-corrected chi connectivity index (χ1v) is 9.39. The number of aromatic nitrogens is 3. The van der Waals surface area contributed by atoms with Crippen LogP contribution in [0.4, 0.5) is 5.69 Å². The Morgan fingerprint density at radius 2 is 1.86 bits per heavy atom. The van der Waals surface area contributed by atoms with Crippen LogP contribution in [0.3, 0.4) is 0 Å². The number of carbonyl (C=O) groups excluding carboxylic acids is 1. The minimum absolute atomic E-state index is 0.162. The maximum Gasteiger partial charge on any atom is 0.274 e. The molecule has 0 bridgehead atoms. The number of nitrogens with one attached hydrogen (secondary N) is 1. The van der Waals surface area contributed by atoms with Gasteiger partial charge in [-0.1, -0.05) is 0 Å². The van der Waals surface area contributed by atoms with Crippen molar-refractivity contribution in [3.8, 4) is 11.6 Å². The van der Waals surface area contributed by atoms with Crippen LogP contribution in [0.25, 0.3) is 5.69 Å². The van der Waals surface area contributed by atoms with E-state index < -0.39 is 0 Å². The van der Waals surface area contributed by atoms with E-state index >= 15 is 0 Å². The summed E-state index contributed by atoms with van der Waals surface area (Å²) >= 11 is 0. The molecular formula is C21H23N5O2. The van der Waals surface area contributed by atoms with Gasteiger partial charge in [0.25, 0.3) is 5.91 Å². The van der Waals surface area contributed by atoms with Crippen LogP contribution in [0.2, 0.25) is 0 Å². The Labute approximate surface area is 164 Å². The number of amides is 1. The molecule has 0 aliphatic carbocycles. The van der Waals surface area contributed by atoms with E-state index in [1.54, 1.807) is 30.6 Å². The number of piperidine rings is 1. The number of pyridine rings is 2. The van der Waals surface area contributed by atoms with Crippen LogP contribution in [-0.4, -0.2) is 51.6 Å². The van der Waals surface area contributed by atoms with Gasteiger partial charge in [-0.15, -0.1) is 0 Å². The topological polar surface area (TPSA) is 72.3 Å². The first-order valence-electron chi connectivity index (χ1n) is 9.39. The van der Waals surface area contributed by atoms with Crippen LogP contribution >= 0.6 is 0 Å². The third-order valence-corrected chi connectivity index (χ3v) is 4.82. The third kappa shape index (κ3) is 4.37. The van der Waals surface area contributed by atoms with E-state index in [1.165, 1.54) is 0 Å². The van der Waals surface area contributed by atoms with Crippen molar-refractivity contribution in [2.75, 3.05) is 25.5 Å². The molecule has 1 amide bonds. The zero-order valence-electron chi connectivity index (χ0n) is 15.8. The van der Waals surface area contributed by atoms with E-state index in [2.05, 4.69) is 27.2 Å². The number of hydrogen-bond acceptors (Lipinski definition) is 5. The molecule has 0 saturated carbocycles. The predicted molar refractivity (Wildman–Crippen MR) is 107 cm³/mol. The molecule has 0 radical (unpaired) electrons. The van der Waals surface area contributed by atoms with Crippen molar-refractivity contribution in [2.24, 2.45) is 0 Å². The summed E-state index contributed by atoms with van der Waals surface area (Å²) in [6.07, 6.45) is 9.23. The van der Waals surface area contributed by atoms with Gasteiger partial charge in [0, 0.05) is 55.3 Å². The molecule has 3 aromatic rings. The zero-order chi connectivity index (χ0) is 19.3. The Hall–Kier alpha value is -3.19. The molecule has 144 valence electrons. The molecule has 28 heavy (non-hydrogen) atoms. The summed E-state index contributed by atoms with van der Waals surface area (Å²) in [5.74, 6) is 0.256. The molecule has 0 unspecified atom stereocenters. The Morgan fingerprint density at radius 3 is 2.64 bits per heavy atom. The lowest BCUT2D eigenvalue weighted by molar-refractivity contribution is 0.102. The van der Waals surface area contributed by atoms with E-state index in [9.17, 15) is 4.79 Å². The lowest BCUT2D eigenvalue weighted by Crippen LogP contribution is -2.35. The van der Waals surface area contributed by atoms with Crippen molar-refractivity contribution in [2.45, 2.75) is 18.9 Å². The van der Waals surface area contributed by atoms with Crippen molar-refractivity contribution in [1.29, 1.82) is 0 Å². The first kappa shape index (κ1) is 18.2. The zero-order valence-corrected chi connectivity index (χ0v) is 15.8. The Balaban J connectivity index is 1.43. The highest BCUT2D eigenvalue weighted by atomic mass is 16.5. The van der Waals surface area contributed by atoms with Gasteiger partial charge in [0.1, 0.15) is 11.8 Å². The van der Waals surface area contributed by atoms with Gasteiger partial charge in [-0.25, -0.2) is 4.98 Å². The molecule has 1 N–H and O–H groups in total. The average molecular weight is 377 g/mol. The largest absolute Gasteiger partial charge is 0.474 e. The highest BCUT2D eigenvalue weighted by Gasteiger charge is 2.18. The molecular weight excluding hydrogens is 354 g/mol. The van der Waals surface area contributed by atoms with Crippen LogP contribution in [0, 0.1) is 0 Å². The second-order valence-corrected chi connectivity index (χ2v) is 6.95. The van der Waals surface area contributed by atoms with Gasteiger partial charge in [-0.05, 0) is 50.2 Å². The number of hydrogen-bond donors (Lipinski definition) is 1. The fourth-order valence-electron chi connectivity index (χ4n) is 3.23. The molecule has 4 rings (SSSR count). The Kier molecular flexibility index (Phi) is 5.34. The van der Waals surface area contributed by atoms with Gasteiger partial charge < -0.3 is 19.5 Å². The van der Waals surface area contributed by atoms with Gasteiger partial charge in [-0.3, -0.25) is 9.78 Å². The maximum atomic E-state index is 12.6. The number of likely N-dealkylation sites (tertiary alicyclic amines) is 1. The third-order valence-electron chi connectivity index (χ3n) is 4.82. The smallest absolute Gasteiger partial charge is 0.274 e. The first-order chi connectivity index (χ1) is 13.7. The Morgan fingerprint density at radius 1 is 1.11 bits per heavy atom. The van der Waals surface area contributed by atoms with Crippen molar-refractivity contribution in [3.05, 3.63) is 66.9 Å². The summed E-state index contributed by atoms with van der Waals surface area (Å²) in [4.78, 5) is 23.4. The van der Waals surface area contributed by atoms with Crippen molar-refractivity contribution in [1.82, 2.24) is 19.4 Å². The minimum atomic E-state index is -0.273. The van der Waals surface area contributed by atoms with Crippen LogP contribution in [0.15, 0.2) is 61.2 Å². The van der Waals surface area contributed by atoms with Gasteiger partial charge in [0.15, 0.2) is 0 Å². The van der Waals surface area contributed by atoms with Crippen LogP contribution in [0.1, 0.15) is 23.3 Å². The number of ether oxygens (including phenoxy) is 1. The highest BCUT2D eigenvalue weighted by Crippen LogP contribution is 2.20. The molecule has 1 saturated heterocycles. The number of nitrogens with zero attached hydrogens (tertiary/aromatic N) is 4. The lowest BCUT2D eigenvalue weighted by atomic mass is 10.1. The van der Waals surface area contributed by atoms with E-state index in [1.807, 2.05) is 35.2 Å². The minimum Gasteiger partial charge on any atom is -0.474 e. The summed E-state index contributed by atoms with van der Waals surface area (Å²) in [6.45, 7) is 2.04. The van der Waals surface area contributed by atoms with Crippen LogP contribution < -0.4 is 10.1 Å². The quantitative estimate of drug-likeness (QED) is 0.740. The SMILES string of the molecule is CN1CCC(Oc2cc(NC(=O)c3cc(-n4cccc4)ccn3)ccn2)CC1. The predicted octanol–water partition coefficient (Wildman–Crippen LogP) is 2.99. The van der Waals surface area contributed by atoms with Gasteiger partial charge >= 0.3 is 0 Å². The molecule has 0 atom stereocenters. The fraction of sp³-hybridized carbons (Fsp3) is 0.286. The highest BCUT2D eigenvalue weighted by molar-refractivity contribution is 6.03. The molecule has 0 aromatic carbocycles. The molecule has 7 nitrogen and oxygen atoms in total. The van der Waals surface area contributed by atoms with Crippen molar-refractivity contribution in [3.63, 3.8) is 0 Å². The van der Waals surface area contributed by atoms with Gasteiger partial charge in [0.05, 0.1) is 0 Å². The molecule has 3 aromatic heterocycles. The number of anilines is 1. The standard InChI is InChI=1S/C21H23N5O2/c1-25-12-6-18(7-13-25)28-20-14-16(4-8-23-20)24-21(27)19-15-17(5-9-22-19)26-10-2-3-11-26/h2-5,8-11,14-15,18H,6-7,12-13H2,1H3,(H,23,24,27). The monoisotopic (exact) mass is 377 g/mol. The lowest BCUT2D eigenvalue weighted by Gasteiger charge is -2.28. The molecule has 1 fully saturated rings. The van der Waals surface area contributed by atoms with Crippen LogP contribution in [0.5, 0.6) is 5.88 Å². The van der Waals surface area contributed by atoms with E-state index in [-0.39, 0.29) is 12.0 Å². The summed E-state index contributed by atoms with van der Waals surface area (Å²) in [7, 11) is 2.12. The maximum absolute atomic E-state index is 12.6. The summed E-state index contributed by atoms with van der Waals surface area (Å²) in [6, 6.07) is 11.0. The average Bonchev–Trinajstić information content (AvgIpc) is 3.25. The summed E-state index contributed by atoms with van der Waals surface area (Å²) < 4.78 is 7.92. The molecule has 7 heteroatoms. The van der Waals surface area contributed by atoms with Crippen molar-refractivity contribution < 1.29 is 9.53 Å². The second-order valence-electron chi connectivity index (χ2n) is 6.95. The Bertz CT molecular complexity index is 933. The molecule has 1 aliphatic rings. The molecule has 4 heterocycles. The van der Waals surface area contributed by atoms with E-state index in [0.29, 0.717) is 17.3 Å². The second kappa shape index (κ2) is 8.22. The number of rotatable bonds is 5. The van der Waals surface area contributed by atoms with E-state index in [4.69, 9.17) is 4.74 Å². The molecule has 1 aliphatic heterocycles. The normalized spacial score (nSPS) is 15.3. The van der Waals surface area contributed by atoms with Crippen molar-refractivity contribution >= 4 is 11.6 Å². The van der Waals surface area contributed by atoms with Crippen LogP contribution in [-0.2, 0) is 0 Å². The number of carbonyl (C=O) groups is 1. The van der Waals surface area contributed by atoms with Gasteiger partial charge in [-0.2, -0.15) is 0 Å².